The van der Waals surface area contributed by atoms with Gasteiger partial charge in [-0.05, 0) is 29.9 Å². The first kappa shape index (κ1) is 15.0. The van der Waals surface area contributed by atoms with E-state index < -0.39 is 12.0 Å². The lowest BCUT2D eigenvalue weighted by molar-refractivity contribution is -0.141. The number of rotatable bonds is 6. The molecule has 1 atom stereocenters. The molecule has 1 aromatic rings. The highest BCUT2D eigenvalue weighted by molar-refractivity contribution is 5.73. The summed E-state index contributed by atoms with van der Waals surface area (Å²) in [4.78, 5) is 11.4. The molecule has 0 aromatic heterocycles. The van der Waals surface area contributed by atoms with Crippen LogP contribution in [0.5, 0.6) is 0 Å². The summed E-state index contributed by atoms with van der Waals surface area (Å²) in [7, 11) is 0. The Morgan fingerprint density at radius 1 is 1.20 bits per heavy atom. The molecule has 2 rings (SSSR count). The molecule has 20 heavy (non-hydrogen) atoms. The van der Waals surface area contributed by atoms with E-state index in [-0.39, 0.29) is 5.92 Å². The Hall–Kier alpha value is -1.39. The van der Waals surface area contributed by atoms with Crippen molar-refractivity contribution in [3.05, 3.63) is 35.4 Å². The van der Waals surface area contributed by atoms with Gasteiger partial charge in [-0.25, -0.2) is 0 Å². The number of hydrogen-bond acceptors (Lipinski definition) is 3. The van der Waals surface area contributed by atoms with Crippen molar-refractivity contribution in [2.45, 2.75) is 51.2 Å². The Kier molecular flexibility index (Phi) is 5.56. The van der Waals surface area contributed by atoms with Crippen molar-refractivity contribution in [2.24, 2.45) is 11.7 Å². The summed E-state index contributed by atoms with van der Waals surface area (Å²) < 4.78 is 0. The van der Waals surface area contributed by atoms with Gasteiger partial charge in [0.15, 0.2) is 0 Å². The molecule has 0 aliphatic heterocycles. The van der Waals surface area contributed by atoms with E-state index in [4.69, 9.17) is 5.73 Å². The van der Waals surface area contributed by atoms with Crippen molar-refractivity contribution in [1.82, 2.24) is 5.32 Å². The molecule has 110 valence electrons. The van der Waals surface area contributed by atoms with Crippen LogP contribution in [0.15, 0.2) is 24.3 Å². The van der Waals surface area contributed by atoms with Crippen LogP contribution in [0.2, 0.25) is 0 Å². The first-order valence-corrected chi connectivity index (χ1v) is 7.45. The summed E-state index contributed by atoms with van der Waals surface area (Å²) in [6.45, 7) is 1.13. The number of carbonyl (C=O) groups is 1. The van der Waals surface area contributed by atoms with Crippen LogP contribution < -0.4 is 11.1 Å². The third kappa shape index (κ3) is 4.05. The molecular formula is C16H24N2O2. The number of hydrogen-bond donors (Lipinski definition) is 3. The van der Waals surface area contributed by atoms with Gasteiger partial charge in [0.05, 0.1) is 0 Å². The van der Waals surface area contributed by atoms with Crippen LogP contribution in [0.3, 0.4) is 0 Å². The normalized spacial score (nSPS) is 17.9. The molecule has 1 aliphatic rings. The summed E-state index contributed by atoms with van der Waals surface area (Å²) in [6, 6.07) is 7.58. The van der Waals surface area contributed by atoms with Crippen molar-refractivity contribution in [1.29, 1.82) is 0 Å². The molecule has 1 fully saturated rings. The average Bonchev–Trinajstić information content (AvgIpc) is 2.49. The molecule has 0 heterocycles. The molecule has 4 heteroatoms. The van der Waals surface area contributed by atoms with E-state index in [0.29, 0.717) is 13.1 Å². The van der Waals surface area contributed by atoms with Gasteiger partial charge in [0.25, 0.3) is 0 Å². The molecule has 0 bridgehead atoms. The van der Waals surface area contributed by atoms with E-state index in [2.05, 4.69) is 5.32 Å². The van der Waals surface area contributed by atoms with E-state index in [9.17, 15) is 9.90 Å². The van der Waals surface area contributed by atoms with Gasteiger partial charge in [-0.15, -0.1) is 0 Å². The Labute approximate surface area is 120 Å². The van der Waals surface area contributed by atoms with Gasteiger partial charge in [0.1, 0.15) is 6.04 Å². The second-order valence-corrected chi connectivity index (χ2v) is 5.62. The predicted molar refractivity (Wildman–Crippen MR) is 79.2 cm³/mol. The maximum absolute atomic E-state index is 11.4. The topological polar surface area (TPSA) is 75.3 Å². The Balaban J connectivity index is 1.92. The fourth-order valence-electron chi connectivity index (χ4n) is 2.94. The number of carboxylic acid groups (broad SMARTS) is 1. The molecule has 1 aliphatic carbocycles. The van der Waals surface area contributed by atoms with Crippen molar-refractivity contribution in [3.63, 3.8) is 0 Å². The number of nitrogens with one attached hydrogen (secondary N) is 1. The second-order valence-electron chi connectivity index (χ2n) is 5.62. The minimum atomic E-state index is -0.726. The predicted octanol–water partition coefficient (Wildman–Crippen LogP) is 2.27. The van der Waals surface area contributed by atoms with E-state index in [1.54, 1.807) is 0 Å². The van der Waals surface area contributed by atoms with Crippen LogP contribution in [0.25, 0.3) is 0 Å². The minimum absolute atomic E-state index is 0.268. The maximum Gasteiger partial charge on any atom is 0.320 e. The molecule has 0 unspecified atom stereocenters. The minimum Gasteiger partial charge on any atom is -0.480 e. The first-order valence-electron chi connectivity index (χ1n) is 7.45. The van der Waals surface area contributed by atoms with Gasteiger partial charge in [-0.3, -0.25) is 4.79 Å². The molecule has 0 spiro atoms. The Morgan fingerprint density at radius 3 is 2.35 bits per heavy atom. The van der Waals surface area contributed by atoms with E-state index in [1.807, 2.05) is 24.3 Å². The summed E-state index contributed by atoms with van der Waals surface area (Å²) in [5.74, 6) is -0.458. The van der Waals surface area contributed by atoms with Gasteiger partial charge in [-0.1, -0.05) is 43.5 Å². The Bertz CT molecular complexity index is 425. The standard InChI is InChI=1S/C16H24N2O2/c17-10-12-6-8-13(9-7-12)11-18-15(16(19)20)14-4-2-1-3-5-14/h6-9,14-15,18H,1-5,10-11,17H2,(H,19,20)/t15-/m0/s1. The zero-order valence-corrected chi connectivity index (χ0v) is 11.8. The molecule has 0 saturated heterocycles. The highest BCUT2D eigenvalue weighted by Gasteiger charge is 2.28. The molecular weight excluding hydrogens is 252 g/mol. The zero-order chi connectivity index (χ0) is 14.4. The van der Waals surface area contributed by atoms with Gasteiger partial charge >= 0.3 is 5.97 Å². The highest BCUT2D eigenvalue weighted by Crippen LogP contribution is 2.26. The first-order chi connectivity index (χ1) is 9.70. The van der Waals surface area contributed by atoms with E-state index >= 15 is 0 Å². The lowest BCUT2D eigenvalue weighted by Gasteiger charge is -2.28. The molecule has 1 aromatic carbocycles. The smallest absolute Gasteiger partial charge is 0.320 e. The van der Waals surface area contributed by atoms with Crippen LogP contribution in [-0.4, -0.2) is 17.1 Å². The van der Waals surface area contributed by atoms with Gasteiger partial charge in [-0.2, -0.15) is 0 Å². The quantitative estimate of drug-likeness (QED) is 0.745. The molecule has 1 saturated carbocycles. The van der Waals surface area contributed by atoms with Crippen LogP contribution in [0.4, 0.5) is 0 Å². The lowest BCUT2D eigenvalue weighted by atomic mass is 9.84. The van der Waals surface area contributed by atoms with Crippen molar-refractivity contribution < 1.29 is 9.90 Å². The largest absolute Gasteiger partial charge is 0.480 e. The number of carboxylic acids is 1. The van der Waals surface area contributed by atoms with Crippen LogP contribution in [-0.2, 0) is 17.9 Å². The van der Waals surface area contributed by atoms with Crippen LogP contribution in [0.1, 0.15) is 43.2 Å². The van der Waals surface area contributed by atoms with Crippen molar-refractivity contribution >= 4 is 5.97 Å². The van der Waals surface area contributed by atoms with Crippen molar-refractivity contribution in [2.75, 3.05) is 0 Å². The SMILES string of the molecule is NCc1ccc(CN[C@H](C(=O)O)C2CCCCC2)cc1. The fourth-order valence-corrected chi connectivity index (χ4v) is 2.94. The lowest BCUT2D eigenvalue weighted by Crippen LogP contribution is -2.43. The number of nitrogens with two attached hydrogens (primary N) is 1. The molecule has 0 radical (unpaired) electrons. The van der Waals surface area contributed by atoms with E-state index in [1.165, 1.54) is 6.42 Å². The zero-order valence-electron chi connectivity index (χ0n) is 11.8. The summed E-state index contributed by atoms with van der Waals surface area (Å²) in [5.41, 5.74) is 7.76. The van der Waals surface area contributed by atoms with Gasteiger partial charge in [0, 0.05) is 13.1 Å². The van der Waals surface area contributed by atoms with Gasteiger partial charge in [0.2, 0.25) is 0 Å². The maximum atomic E-state index is 11.4. The highest BCUT2D eigenvalue weighted by atomic mass is 16.4. The molecule has 4 nitrogen and oxygen atoms in total. The average molecular weight is 276 g/mol. The van der Waals surface area contributed by atoms with E-state index in [0.717, 1.165) is 36.8 Å². The summed E-state index contributed by atoms with van der Waals surface area (Å²) >= 11 is 0. The molecule has 4 N–H and O–H groups in total. The van der Waals surface area contributed by atoms with Gasteiger partial charge < -0.3 is 16.2 Å². The monoisotopic (exact) mass is 276 g/mol. The fraction of sp³-hybridized carbons (Fsp3) is 0.562. The van der Waals surface area contributed by atoms with Crippen LogP contribution >= 0.6 is 0 Å². The van der Waals surface area contributed by atoms with Crippen LogP contribution in [0, 0.1) is 5.92 Å². The third-order valence-corrected chi connectivity index (χ3v) is 4.17. The second kappa shape index (κ2) is 7.41. The summed E-state index contributed by atoms with van der Waals surface area (Å²) in [5, 5.41) is 12.6. The molecule has 0 amide bonds. The summed E-state index contributed by atoms with van der Waals surface area (Å²) in [6.07, 6.45) is 5.60. The third-order valence-electron chi connectivity index (χ3n) is 4.17. The Morgan fingerprint density at radius 2 is 1.80 bits per heavy atom. The number of benzene rings is 1. The number of aliphatic carboxylic acids is 1. The van der Waals surface area contributed by atoms with Crippen molar-refractivity contribution in [3.8, 4) is 0 Å².